The van der Waals surface area contributed by atoms with Gasteiger partial charge in [-0.2, -0.15) is 4.57 Å². The second kappa shape index (κ2) is 5.13. The van der Waals surface area contributed by atoms with Crippen LogP contribution in [0.1, 0.15) is 15.9 Å². The highest BCUT2D eigenvalue weighted by Gasteiger charge is 2.15. The molecule has 0 aliphatic carbocycles. The van der Waals surface area contributed by atoms with Crippen molar-refractivity contribution in [2.45, 2.75) is 6.54 Å². The molecule has 0 spiro atoms. The predicted molar refractivity (Wildman–Crippen MR) is 76.6 cm³/mol. The standard InChI is InChI=1S/C17H13NO2/c19-17(20)16-12-18(10-13-6-2-1-3-7-13)11-14-8-4-5-9-15(14)16/h1-9,11-12H,10H2/p+1. The zero-order valence-electron chi connectivity index (χ0n) is 10.9. The van der Waals surface area contributed by atoms with Gasteiger partial charge in [0.05, 0.1) is 0 Å². The highest BCUT2D eigenvalue weighted by molar-refractivity contribution is 6.02. The molecular weight excluding hydrogens is 250 g/mol. The maximum absolute atomic E-state index is 11.4. The molecule has 0 aliphatic heterocycles. The number of aromatic carboxylic acids is 1. The normalized spacial score (nSPS) is 10.6. The molecule has 1 heterocycles. The molecule has 0 atom stereocenters. The summed E-state index contributed by atoms with van der Waals surface area (Å²) in [5.74, 6) is -0.899. The van der Waals surface area contributed by atoms with E-state index in [-0.39, 0.29) is 0 Å². The van der Waals surface area contributed by atoms with Crippen LogP contribution >= 0.6 is 0 Å². The Balaban J connectivity index is 2.10. The van der Waals surface area contributed by atoms with Gasteiger partial charge in [0.25, 0.3) is 0 Å². The first kappa shape index (κ1) is 12.4. The quantitative estimate of drug-likeness (QED) is 0.739. The molecule has 0 saturated carbocycles. The van der Waals surface area contributed by atoms with Crippen LogP contribution in [0.25, 0.3) is 10.8 Å². The van der Waals surface area contributed by atoms with Gasteiger partial charge in [-0.3, -0.25) is 0 Å². The van der Waals surface area contributed by atoms with Crippen LogP contribution in [0.5, 0.6) is 0 Å². The summed E-state index contributed by atoms with van der Waals surface area (Å²) in [5.41, 5.74) is 1.48. The number of nitrogens with zero attached hydrogens (tertiary/aromatic N) is 1. The van der Waals surface area contributed by atoms with Gasteiger partial charge in [-0.05, 0) is 6.07 Å². The number of pyridine rings is 1. The molecule has 0 unspecified atom stereocenters. The van der Waals surface area contributed by atoms with E-state index in [1.807, 2.05) is 65.4 Å². The average Bonchev–Trinajstić information content (AvgIpc) is 2.47. The summed E-state index contributed by atoms with van der Waals surface area (Å²) in [6, 6.07) is 17.5. The molecule has 20 heavy (non-hydrogen) atoms. The lowest BCUT2D eigenvalue weighted by molar-refractivity contribution is -0.687. The van der Waals surface area contributed by atoms with Crippen LogP contribution < -0.4 is 4.57 Å². The van der Waals surface area contributed by atoms with Gasteiger partial charge in [0.2, 0.25) is 0 Å². The number of aromatic nitrogens is 1. The van der Waals surface area contributed by atoms with E-state index in [1.165, 1.54) is 0 Å². The molecule has 98 valence electrons. The minimum absolute atomic E-state index is 0.332. The zero-order valence-corrected chi connectivity index (χ0v) is 10.9. The molecule has 3 nitrogen and oxygen atoms in total. The van der Waals surface area contributed by atoms with Gasteiger partial charge < -0.3 is 5.11 Å². The summed E-state index contributed by atoms with van der Waals surface area (Å²) in [5, 5.41) is 11.1. The van der Waals surface area contributed by atoms with Gasteiger partial charge in [0, 0.05) is 16.3 Å². The molecule has 0 radical (unpaired) electrons. The summed E-state index contributed by atoms with van der Waals surface area (Å²) in [6.45, 7) is 0.659. The van der Waals surface area contributed by atoms with Crippen LogP contribution in [-0.2, 0) is 6.54 Å². The van der Waals surface area contributed by atoms with Crippen LogP contribution in [0.4, 0.5) is 0 Å². The van der Waals surface area contributed by atoms with Crippen molar-refractivity contribution in [1.29, 1.82) is 0 Å². The number of benzene rings is 2. The van der Waals surface area contributed by atoms with E-state index in [0.717, 1.165) is 16.3 Å². The molecule has 0 fully saturated rings. The van der Waals surface area contributed by atoms with Crippen molar-refractivity contribution in [3.8, 4) is 0 Å². The molecule has 0 aliphatic rings. The third-order valence-electron chi connectivity index (χ3n) is 3.29. The Bertz CT molecular complexity index is 766. The first-order valence-electron chi connectivity index (χ1n) is 6.43. The highest BCUT2D eigenvalue weighted by Crippen LogP contribution is 2.16. The van der Waals surface area contributed by atoms with Crippen LogP contribution in [0.2, 0.25) is 0 Å². The smallest absolute Gasteiger partial charge is 0.342 e. The van der Waals surface area contributed by atoms with Crippen molar-refractivity contribution in [1.82, 2.24) is 0 Å². The van der Waals surface area contributed by atoms with Crippen molar-refractivity contribution < 1.29 is 14.5 Å². The Labute approximate surface area is 116 Å². The van der Waals surface area contributed by atoms with Gasteiger partial charge in [0.1, 0.15) is 5.56 Å². The van der Waals surface area contributed by atoms with E-state index >= 15 is 0 Å². The lowest BCUT2D eigenvalue weighted by Gasteiger charge is -2.03. The predicted octanol–water partition coefficient (Wildman–Crippen LogP) is 2.87. The van der Waals surface area contributed by atoms with E-state index in [1.54, 1.807) is 6.20 Å². The fourth-order valence-corrected chi connectivity index (χ4v) is 2.36. The number of hydrogen-bond acceptors (Lipinski definition) is 1. The monoisotopic (exact) mass is 264 g/mol. The van der Waals surface area contributed by atoms with E-state index in [0.29, 0.717) is 12.1 Å². The maximum atomic E-state index is 11.4. The molecule has 0 amide bonds. The number of carboxylic acid groups (broad SMARTS) is 1. The van der Waals surface area contributed by atoms with Gasteiger partial charge >= 0.3 is 5.97 Å². The minimum Gasteiger partial charge on any atom is -0.477 e. The van der Waals surface area contributed by atoms with E-state index in [2.05, 4.69) is 0 Å². The summed E-state index contributed by atoms with van der Waals surface area (Å²) in [7, 11) is 0. The van der Waals surface area contributed by atoms with E-state index in [4.69, 9.17) is 0 Å². The Hall–Kier alpha value is -2.68. The molecule has 3 heteroatoms. The second-order valence-corrected chi connectivity index (χ2v) is 4.72. The molecule has 2 aromatic carbocycles. The third-order valence-corrected chi connectivity index (χ3v) is 3.29. The SMILES string of the molecule is O=C(O)c1c[n+](Cc2ccccc2)cc2ccccc12. The van der Waals surface area contributed by atoms with Crippen LogP contribution in [0.15, 0.2) is 67.0 Å². The zero-order chi connectivity index (χ0) is 13.9. The summed E-state index contributed by atoms with van der Waals surface area (Å²) >= 11 is 0. The summed E-state index contributed by atoms with van der Waals surface area (Å²) < 4.78 is 1.92. The van der Waals surface area contributed by atoms with Crippen molar-refractivity contribution in [3.05, 3.63) is 78.1 Å². The number of rotatable bonds is 3. The molecule has 1 N–H and O–H groups in total. The second-order valence-electron chi connectivity index (χ2n) is 4.72. The number of hydrogen-bond donors (Lipinski definition) is 1. The average molecular weight is 264 g/mol. The Morgan fingerprint density at radius 3 is 2.40 bits per heavy atom. The Kier molecular flexibility index (Phi) is 3.17. The fourth-order valence-electron chi connectivity index (χ4n) is 2.36. The van der Waals surface area contributed by atoms with Crippen molar-refractivity contribution in [2.24, 2.45) is 0 Å². The molecule has 3 aromatic rings. The largest absolute Gasteiger partial charge is 0.477 e. The Morgan fingerprint density at radius 1 is 0.950 bits per heavy atom. The first-order chi connectivity index (χ1) is 9.74. The summed E-state index contributed by atoms with van der Waals surface area (Å²) in [6.07, 6.45) is 3.67. The first-order valence-corrected chi connectivity index (χ1v) is 6.43. The summed E-state index contributed by atoms with van der Waals surface area (Å²) in [4.78, 5) is 11.4. The lowest BCUT2D eigenvalue weighted by atomic mass is 10.1. The van der Waals surface area contributed by atoms with Crippen molar-refractivity contribution in [3.63, 3.8) is 0 Å². The fraction of sp³-hybridized carbons (Fsp3) is 0.0588. The van der Waals surface area contributed by atoms with Gasteiger partial charge in [-0.15, -0.1) is 0 Å². The minimum atomic E-state index is -0.899. The molecular formula is C17H14NO2+. The van der Waals surface area contributed by atoms with E-state index < -0.39 is 5.97 Å². The van der Waals surface area contributed by atoms with Crippen LogP contribution in [0, 0.1) is 0 Å². The molecule has 0 bridgehead atoms. The Morgan fingerprint density at radius 2 is 1.65 bits per heavy atom. The van der Waals surface area contributed by atoms with Gasteiger partial charge in [0.15, 0.2) is 18.9 Å². The van der Waals surface area contributed by atoms with Crippen molar-refractivity contribution >= 4 is 16.7 Å². The number of carbonyl (C=O) groups is 1. The lowest BCUT2D eigenvalue weighted by Crippen LogP contribution is -2.34. The molecule has 3 rings (SSSR count). The topological polar surface area (TPSA) is 41.2 Å². The van der Waals surface area contributed by atoms with Crippen molar-refractivity contribution in [2.75, 3.05) is 0 Å². The number of carboxylic acids is 1. The van der Waals surface area contributed by atoms with Gasteiger partial charge in [-0.25, -0.2) is 4.79 Å². The van der Waals surface area contributed by atoms with Crippen LogP contribution in [0.3, 0.4) is 0 Å². The maximum Gasteiger partial charge on any atom is 0.342 e. The van der Waals surface area contributed by atoms with Gasteiger partial charge in [-0.1, -0.05) is 48.5 Å². The van der Waals surface area contributed by atoms with E-state index in [9.17, 15) is 9.90 Å². The molecule has 1 aromatic heterocycles. The highest BCUT2D eigenvalue weighted by atomic mass is 16.4. The third kappa shape index (κ3) is 2.38. The van der Waals surface area contributed by atoms with Crippen LogP contribution in [-0.4, -0.2) is 11.1 Å². The number of fused-ring (bicyclic) bond motifs is 1. The molecule has 0 saturated heterocycles.